The number of nitrogens with one attached hydrogen (secondary N) is 2. The highest BCUT2D eigenvalue weighted by molar-refractivity contribution is 7.22. The number of thiazole rings is 1. The van der Waals surface area contributed by atoms with Crippen LogP contribution in [0.25, 0.3) is 16.3 Å². The number of benzene rings is 2. The van der Waals surface area contributed by atoms with Crippen LogP contribution in [0, 0.1) is 0 Å². The topological polar surface area (TPSA) is 80.3 Å². The molecule has 0 bridgehead atoms. The number of hydrogen-bond donors (Lipinski definition) is 2. The number of carbonyl (C=O) groups excluding carboxylic acids is 2. The third kappa shape index (κ3) is 5.15. The Labute approximate surface area is 160 Å². The summed E-state index contributed by atoms with van der Waals surface area (Å²) in [7, 11) is 0. The van der Waals surface area contributed by atoms with Gasteiger partial charge < -0.3 is 10.1 Å². The average molecular weight is 381 g/mol. The Hall–Kier alpha value is -3.19. The Bertz CT molecular complexity index is 993. The molecule has 1 aromatic heterocycles. The third-order valence-corrected chi connectivity index (χ3v) is 4.49. The number of rotatable bonds is 6. The molecule has 3 aromatic rings. The summed E-state index contributed by atoms with van der Waals surface area (Å²) in [6.45, 7) is 4.01. The van der Waals surface area contributed by atoms with E-state index < -0.39 is 0 Å². The number of amides is 2. The summed E-state index contributed by atoms with van der Waals surface area (Å²) in [5.74, 6) is 0.407. The molecule has 138 valence electrons. The van der Waals surface area contributed by atoms with Crippen molar-refractivity contribution in [2.75, 3.05) is 17.2 Å². The van der Waals surface area contributed by atoms with Crippen LogP contribution >= 0.6 is 11.3 Å². The van der Waals surface area contributed by atoms with E-state index in [1.807, 2.05) is 43.3 Å². The SMILES string of the molecule is CCOc1ccc(/C=C/C(=O)Nc2nc3ccc(NC(C)=O)cc3s2)cc1. The maximum absolute atomic E-state index is 12.1. The van der Waals surface area contributed by atoms with Crippen LogP contribution in [0.4, 0.5) is 10.8 Å². The Balaban J connectivity index is 1.65. The van der Waals surface area contributed by atoms with Gasteiger partial charge in [-0.15, -0.1) is 0 Å². The quantitative estimate of drug-likeness (QED) is 0.624. The van der Waals surface area contributed by atoms with Crippen LogP contribution in [-0.4, -0.2) is 23.4 Å². The first kappa shape index (κ1) is 18.6. The molecule has 0 saturated carbocycles. The van der Waals surface area contributed by atoms with E-state index in [-0.39, 0.29) is 11.8 Å². The summed E-state index contributed by atoms with van der Waals surface area (Å²) in [5, 5.41) is 6.00. The Kier molecular flexibility index (Phi) is 5.83. The molecule has 6 nitrogen and oxygen atoms in total. The minimum atomic E-state index is -0.259. The lowest BCUT2D eigenvalue weighted by Gasteiger charge is -2.02. The lowest BCUT2D eigenvalue weighted by Crippen LogP contribution is -2.07. The molecule has 2 N–H and O–H groups in total. The molecule has 0 spiro atoms. The number of hydrogen-bond acceptors (Lipinski definition) is 5. The highest BCUT2D eigenvalue weighted by Gasteiger charge is 2.07. The van der Waals surface area contributed by atoms with Crippen LogP contribution in [0.15, 0.2) is 48.5 Å². The van der Waals surface area contributed by atoms with E-state index in [0.717, 1.165) is 21.5 Å². The Morgan fingerprint density at radius 3 is 2.63 bits per heavy atom. The summed E-state index contributed by atoms with van der Waals surface area (Å²) in [6.07, 6.45) is 3.19. The molecule has 0 unspecified atom stereocenters. The van der Waals surface area contributed by atoms with Gasteiger partial charge in [-0.1, -0.05) is 23.5 Å². The third-order valence-electron chi connectivity index (χ3n) is 3.56. The smallest absolute Gasteiger partial charge is 0.250 e. The van der Waals surface area contributed by atoms with Crippen molar-refractivity contribution in [3.8, 4) is 5.75 Å². The molecular weight excluding hydrogens is 362 g/mol. The standard InChI is InChI=1S/C20H19N3O3S/c1-3-26-16-8-4-14(5-9-16)6-11-19(25)23-20-22-17-10-7-15(21-13(2)24)12-18(17)27-20/h4-12H,3H2,1-2H3,(H,21,24)(H,22,23,25)/b11-6+. The van der Waals surface area contributed by atoms with Crippen molar-refractivity contribution in [3.63, 3.8) is 0 Å². The molecule has 0 aliphatic carbocycles. The van der Waals surface area contributed by atoms with Gasteiger partial charge in [0.05, 0.1) is 16.8 Å². The lowest BCUT2D eigenvalue weighted by molar-refractivity contribution is -0.114. The van der Waals surface area contributed by atoms with Crippen molar-refractivity contribution < 1.29 is 14.3 Å². The van der Waals surface area contributed by atoms with E-state index in [9.17, 15) is 9.59 Å². The van der Waals surface area contributed by atoms with Gasteiger partial charge in [0.15, 0.2) is 5.13 Å². The Morgan fingerprint density at radius 2 is 1.93 bits per heavy atom. The van der Waals surface area contributed by atoms with E-state index in [0.29, 0.717) is 17.4 Å². The van der Waals surface area contributed by atoms with Crippen molar-refractivity contribution >= 4 is 50.3 Å². The minimum absolute atomic E-state index is 0.133. The number of anilines is 2. The van der Waals surface area contributed by atoms with E-state index in [1.165, 1.54) is 24.3 Å². The summed E-state index contributed by atoms with van der Waals surface area (Å²) in [5.41, 5.74) is 2.37. The van der Waals surface area contributed by atoms with Gasteiger partial charge in [0.1, 0.15) is 5.75 Å². The fourth-order valence-corrected chi connectivity index (χ4v) is 3.33. The van der Waals surface area contributed by atoms with E-state index in [2.05, 4.69) is 15.6 Å². The van der Waals surface area contributed by atoms with Crippen molar-refractivity contribution in [1.29, 1.82) is 0 Å². The Morgan fingerprint density at radius 1 is 1.15 bits per heavy atom. The number of nitrogens with zero attached hydrogens (tertiary/aromatic N) is 1. The van der Waals surface area contributed by atoms with E-state index >= 15 is 0 Å². The molecule has 0 fully saturated rings. The monoisotopic (exact) mass is 381 g/mol. The second kappa shape index (κ2) is 8.46. The van der Waals surface area contributed by atoms with Gasteiger partial charge in [0, 0.05) is 18.7 Å². The maximum Gasteiger partial charge on any atom is 0.250 e. The molecule has 2 amide bonds. The second-order valence-electron chi connectivity index (χ2n) is 5.71. The first-order valence-corrected chi connectivity index (χ1v) is 9.25. The first-order valence-electron chi connectivity index (χ1n) is 8.43. The summed E-state index contributed by atoms with van der Waals surface area (Å²) in [4.78, 5) is 27.7. The van der Waals surface area contributed by atoms with Crippen LogP contribution in [0.2, 0.25) is 0 Å². The van der Waals surface area contributed by atoms with Gasteiger partial charge in [-0.05, 0) is 48.9 Å². The van der Waals surface area contributed by atoms with Crippen LogP contribution < -0.4 is 15.4 Å². The van der Waals surface area contributed by atoms with Crippen molar-refractivity contribution in [2.24, 2.45) is 0 Å². The number of fused-ring (bicyclic) bond motifs is 1. The first-order chi connectivity index (χ1) is 13.0. The fraction of sp³-hybridized carbons (Fsp3) is 0.150. The summed E-state index contributed by atoms with van der Waals surface area (Å²) >= 11 is 1.35. The van der Waals surface area contributed by atoms with Crippen LogP contribution in [-0.2, 0) is 9.59 Å². The molecule has 27 heavy (non-hydrogen) atoms. The number of carbonyl (C=O) groups is 2. The summed E-state index contributed by atoms with van der Waals surface area (Å²) < 4.78 is 6.27. The predicted molar refractivity (Wildman–Crippen MR) is 109 cm³/mol. The number of ether oxygens (including phenoxy) is 1. The number of aromatic nitrogens is 1. The van der Waals surface area contributed by atoms with Crippen molar-refractivity contribution in [3.05, 3.63) is 54.1 Å². The predicted octanol–water partition coefficient (Wildman–Crippen LogP) is 4.31. The minimum Gasteiger partial charge on any atom is -0.494 e. The van der Waals surface area contributed by atoms with Crippen LogP contribution in [0.5, 0.6) is 5.75 Å². The zero-order valence-electron chi connectivity index (χ0n) is 15.0. The van der Waals surface area contributed by atoms with Gasteiger partial charge in [-0.25, -0.2) is 4.98 Å². The molecule has 2 aromatic carbocycles. The molecular formula is C20H19N3O3S. The second-order valence-corrected chi connectivity index (χ2v) is 6.74. The zero-order chi connectivity index (χ0) is 19.2. The highest BCUT2D eigenvalue weighted by atomic mass is 32.1. The van der Waals surface area contributed by atoms with Gasteiger partial charge in [-0.2, -0.15) is 0 Å². The largest absolute Gasteiger partial charge is 0.494 e. The molecule has 1 heterocycles. The average Bonchev–Trinajstić information content (AvgIpc) is 3.02. The van der Waals surface area contributed by atoms with Gasteiger partial charge in [0.2, 0.25) is 11.8 Å². The van der Waals surface area contributed by atoms with Crippen molar-refractivity contribution in [1.82, 2.24) is 4.98 Å². The molecule has 0 saturated heterocycles. The molecule has 3 rings (SSSR count). The van der Waals surface area contributed by atoms with Crippen molar-refractivity contribution in [2.45, 2.75) is 13.8 Å². The lowest BCUT2D eigenvalue weighted by atomic mass is 10.2. The molecule has 0 atom stereocenters. The fourth-order valence-electron chi connectivity index (χ4n) is 2.42. The summed E-state index contributed by atoms with van der Waals surface area (Å²) in [6, 6.07) is 12.9. The molecule has 0 aliphatic heterocycles. The van der Waals surface area contributed by atoms with Gasteiger partial charge in [-0.3, -0.25) is 14.9 Å². The molecule has 0 aliphatic rings. The van der Waals surface area contributed by atoms with Gasteiger partial charge >= 0.3 is 0 Å². The van der Waals surface area contributed by atoms with E-state index in [4.69, 9.17) is 4.74 Å². The molecule has 7 heteroatoms. The zero-order valence-corrected chi connectivity index (χ0v) is 15.8. The van der Waals surface area contributed by atoms with Crippen LogP contribution in [0.1, 0.15) is 19.4 Å². The molecule has 0 radical (unpaired) electrons. The maximum atomic E-state index is 12.1. The highest BCUT2D eigenvalue weighted by Crippen LogP contribution is 2.28. The van der Waals surface area contributed by atoms with Crippen LogP contribution in [0.3, 0.4) is 0 Å². The van der Waals surface area contributed by atoms with Gasteiger partial charge in [0.25, 0.3) is 0 Å². The van der Waals surface area contributed by atoms with E-state index in [1.54, 1.807) is 12.1 Å². The normalized spacial score (nSPS) is 10.9.